The van der Waals surface area contributed by atoms with Gasteiger partial charge in [0.15, 0.2) is 0 Å². The average Bonchev–Trinajstić information content (AvgIpc) is 2.15. The molecule has 0 N–H and O–H groups in total. The third kappa shape index (κ3) is 3.19. The Labute approximate surface area is 80.7 Å². The van der Waals surface area contributed by atoms with Crippen molar-refractivity contribution in [2.45, 2.75) is 26.2 Å². The molecule has 1 aromatic carbocycles. The van der Waals surface area contributed by atoms with Gasteiger partial charge in [-0.2, -0.15) is 0 Å². The highest BCUT2D eigenvalue weighted by Gasteiger charge is 1.98. The summed E-state index contributed by atoms with van der Waals surface area (Å²) in [5, 5.41) is 0. The molecule has 0 atom stereocenters. The van der Waals surface area contributed by atoms with Crippen LogP contribution in [0.3, 0.4) is 0 Å². The SMILES string of the molecule is COCCc1ccc(C(C)C)cc1. The van der Waals surface area contributed by atoms with E-state index < -0.39 is 0 Å². The van der Waals surface area contributed by atoms with E-state index in [-0.39, 0.29) is 0 Å². The van der Waals surface area contributed by atoms with Crippen LogP contribution in [0.5, 0.6) is 0 Å². The molecule has 13 heavy (non-hydrogen) atoms. The van der Waals surface area contributed by atoms with Crippen LogP contribution in [0.2, 0.25) is 0 Å². The molecule has 0 aliphatic carbocycles. The van der Waals surface area contributed by atoms with Crippen LogP contribution >= 0.6 is 0 Å². The smallest absolute Gasteiger partial charge is 0.0502 e. The fraction of sp³-hybridized carbons (Fsp3) is 0.500. The van der Waals surface area contributed by atoms with Crippen LogP contribution in [0, 0.1) is 0 Å². The third-order valence-corrected chi connectivity index (χ3v) is 2.24. The Balaban J connectivity index is 2.59. The largest absolute Gasteiger partial charge is 0.384 e. The maximum absolute atomic E-state index is 5.02. The van der Waals surface area contributed by atoms with E-state index in [1.54, 1.807) is 7.11 Å². The lowest BCUT2D eigenvalue weighted by molar-refractivity contribution is 0.202. The van der Waals surface area contributed by atoms with Crippen molar-refractivity contribution in [3.63, 3.8) is 0 Å². The second-order valence-electron chi connectivity index (χ2n) is 3.64. The predicted molar refractivity (Wildman–Crippen MR) is 56.1 cm³/mol. The lowest BCUT2D eigenvalue weighted by Gasteiger charge is -2.06. The summed E-state index contributed by atoms with van der Waals surface area (Å²) >= 11 is 0. The van der Waals surface area contributed by atoms with Crippen molar-refractivity contribution in [2.75, 3.05) is 13.7 Å². The zero-order valence-corrected chi connectivity index (χ0v) is 8.71. The van der Waals surface area contributed by atoms with Gasteiger partial charge in [0.2, 0.25) is 0 Å². The molecule has 0 amide bonds. The number of ether oxygens (including phenoxy) is 1. The second-order valence-corrected chi connectivity index (χ2v) is 3.64. The van der Waals surface area contributed by atoms with E-state index in [0.717, 1.165) is 13.0 Å². The van der Waals surface area contributed by atoms with Gasteiger partial charge >= 0.3 is 0 Å². The maximum Gasteiger partial charge on any atom is 0.0502 e. The molecule has 72 valence electrons. The Bertz CT molecular complexity index is 236. The molecule has 0 radical (unpaired) electrons. The molecule has 0 aliphatic rings. The zero-order valence-electron chi connectivity index (χ0n) is 8.71. The van der Waals surface area contributed by atoms with Crippen LogP contribution in [0.15, 0.2) is 24.3 Å². The first-order chi connectivity index (χ1) is 6.24. The molecular weight excluding hydrogens is 160 g/mol. The highest BCUT2D eigenvalue weighted by atomic mass is 16.5. The van der Waals surface area contributed by atoms with Crippen molar-refractivity contribution in [2.24, 2.45) is 0 Å². The number of methoxy groups -OCH3 is 1. The first-order valence-corrected chi connectivity index (χ1v) is 4.82. The van der Waals surface area contributed by atoms with Crippen LogP contribution in [-0.2, 0) is 11.2 Å². The summed E-state index contributed by atoms with van der Waals surface area (Å²) < 4.78 is 5.02. The summed E-state index contributed by atoms with van der Waals surface area (Å²) in [6, 6.07) is 8.79. The van der Waals surface area contributed by atoms with E-state index in [2.05, 4.69) is 38.1 Å². The second kappa shape index (κ2) is 5.03. The summed E-state index contributed by atoms with van der Waals surface area (Å²) in [5.41, 5.74) is 2.76. The van der Waals surface area contributed by atoms with Crippen molar-refractivity contribution < 1.29 is 4.74 Å². The van der Waals surface area contributed by atoms with E-state index in [4.69, 9.17) is 4.74 Å². The minimum absolute atomic E-state index is 0.622. The normalized spacial score (nSPS) is 10.8. The first-order valence-electron chi connectivity index (χ1n) is 4.82. The topological polar surface area (TPSA) is 9.23 Å². The molecule has 0 unspecified atom stereocenters. The standard InChI is InChI=1S/C12H18O/c1-10(2)12-6-4-11(5-7-12)8-9-13-3/h4-7,10H,8-9H2,1-3H3. The molecular formula is C12H18O. The van der Waals surface area contributed by atoms with E-state index in [0.29, 0.717) is 5.92 Å². The summed E-state index contributed by atoms with van der Waals surface area (Å²) in [6.45, 7) is 5.23. The first kappa shape index (κ1) is 10.3. The van der Waals surface area contributed by atoms with Crippen molar-refractivity contribution in [1.29, 1.82) is 0 Å². The highest BCUT2D eigenvalue weighted by molar-refractivity contribution is 5.24. The van der Waals surface area contributed by atoms with Crippen LogP contribution < -0.4 is 0 Å². The van der Waals surface area contributed by atoms with Gasteiger partial charge in [0.05, 0.1) is 6.61 Å². The molecule has 1 rings (SSSR count). The van der Waals surface area contributed by atoms with Gasteiger partial charge in [0.1, 0.15) is 0 Å². The van der Waals surface area contributed by atoms with Gasteiger partial charge in [-0.25, -0.2) is 0 Å². The average molecular weight is 178 g/mol. The minimum atomic E-state index is 0.622. The van der Waals surface area contributed by atoms with Crippen molar-refractivity contribution >= 4 is 0 Å². The van der Waals surface area contributed by atoms with Gasteiger partial charge < -0.3 is 4.74 Å². The molecule has 0 aliphatic heterocycles. The third-order valence-electron chi connectivity index (χ3n) is 2.24. The predicted octanol–water partition coefficient (Wildman–Crippen LogP) is 3.00. The molecule has 0 fully saturated rings. The Kier molecular flexibility index (Phi) is 3.97. The number of hydrogen-bond donors (Lipinski definition) is 0. The summed E-state index contributed by atoms with van der Waals surface area (Å²) in [4.78, 5) is 0. The van der Waals surface area contributed by atoms with E-state index >= 15 is 0 Å². The maximum atomic E-state index is 5.02. The van der Waals surface area contributed by atoms with E-state index in [9.17, 15) is 0 Å². The molecule has 1 heteroatoms. The van der Waals surface area contributed by atoms with Gasteiger partial charge in [0, 0.05) is 7.11 Å². The van der Waals surface area contributed by atoms with Crippen LogP contribution in [0.4, 0.5) is 0 Å². The molecule has 1 nitrogen and oxygen atoms in total. The molecule has 0 saturated heterocycles. The van der Waals surface area contributed by atoms with Crippen LogP contribution in [0.1, 0.15) is 30.9 Å². The van der Waals surface area contributed by atoms with E-state index in [1.165, 1.54) is 11.1 Å². The van der Waals surface area contributed by atoms with Gasteiger partial charge in [0.25, 0.3) is 0 Å². The van der Waals surface area contributed by atoms with E-state index in [1.807, 2.05) is 0 Å². The molecule has 0 saturated carbocycles. The Hall–Kier alpha value is -0.820. The Morgan fingerprint density at radius 3 is 2.23 bits per heavy atom. The molecule has 0 spiro atoms. The highest BCUT2D eigenvalue weighted by Crippen LogP contribution is 2.14. The quantitative estimate of drug-likeness (QED) is 0.688. The number of hydrogen-bond acceptors (Lipinski definition) is 1. The van der Waals surface area contributed by atoms with Crippen molar-refractivity contribution in [3.05, 3.63) is 35.4 Å². The summed E-state index contributed by atoms with van der Waals surface area (Å²) in [6.07, 6.45) is 1.01. The Morgan fingerprint density at radius 2 is 1.77 bits per heavy atom. The molecule has 0 bridgehead atoms. The Morgan fingerprint density at radius 1 is 1.15 bits per heavy atom. The monoisotopic (exact) mass is 178 g/mol. The lowest BCUT2D eigenvalue weighted by atomic mass is 10.0. The molecule has 0 heterocycles. The number of rotatable bonds is 4. The molecule has 1 aromatic rings. The van der Waals surface area contributed by atoms with Crippen molar-refractivity contribution in [1.82, 2.24) is 0 Å². The van der Waals surface area contributed by atoms with Gasteiger partial charge in [-0.15, -0.1) is 0 Å². The van der Waals surface area contributed by atoms with Crippen LogP contribution in [-0.4, -0.2) is 13.7 Å². The van der Waals surface area contributed by atoms with Crippen LogP contribution in [0.25, 0.3) is 0 Å². The summed E-state index contributed by atoms with van der Waals surface area (Å²) in [7, 11) is 1.74. The fourth-order valence-electron chi connectivity index (χ4n) is 1.29. The fourth-order valence-corrected chi connectivity index (χ4v) is 1.29. The molecule has 0 aromatic heterocycles. The van der Waals surface area contributed by atoms with Gasteiger partial charge in [-0.1, -0.05) is 38.1 Å². The van der Waals surface area contributed by atoms with Gasteiger partial charge in [-0.3, -0.25) is 0 Å². The zero-order chi connectivity index (χ0) is 9.68. The van der Waals surface area contributed by atoms with Crippen molar-refractivity contribution in [3.8, 4) is 0 Å². The van der Waals surface area contributed by atoms with Gasteiger partial charge in [-0.05, 0) is 23.5 Å². The number of benzene rings is 1. The minimum Gasteiger partial charge on any atom is -0.384 e. The lowest BCUT2D eigenvalue weighted by Crippen LogP contribution is -1.95. The summed E-state index contributed by atoms with van der Waals surface area (Å²) in [5.74, 6) is 0.622.